The van der Waals surface area contributed by atoms with Crippen molar-refractivity contribution in [1.29, 1.82) is 0 Å². The van der Waals surface area contributed by atoms with Crippen LogP contribution in [0.3, 0.4) is 0 Å². The average molecular weight is 377 g/mol. The highest BCUT2D eigenvalue weighted by molar-refractivity contribution is 7.90. The van der Waals surface area contributed by atoms with Gasteiger partial charge in [0, 0.05) is 18.9 Å². The standard InChI is InChI=1S/C15H13FN2O2S.2ClH/c1-18-14-12(16)4-3-5-13(14)17-15(18)10-6-8-11(9-7-10)21(2,19)20;;/h3-9H,1-2H3;2*1H. The van der Waals surface area contributed by atoms with Gasteiger partial charge < -0.3 is 4.57 Å². The number of sulfone groups is 1. The summed E-state index contributed by atoms with van der Waals surface area (Å²) in [7, 11) is -1.50. The minimum absolute atomic E-state index is 0. The molecular formula is C15H15Cl2FN2O2S. The Morgan fingerprint density at radius 1 is 1.04 bits per heavy atom. The molecule has 0 saturated carbocycles. The molecule has 0 N–H and O–H groups in total. The van der Waals surface area contributed by atoms with Crippen molar-refractivity contribution in [2.45, 2.75) is 4.90 Å². The molecule has 0 atom stereocenters. The molecule has 8 heteroatoms. The SMILES string of the molecule is Cl.Cl.Cn1c(-c2ccc(S(C)(=O)=O)cc2)nc2cccc(F)c21. The largest absolute Gasteiger partial charge is 0.325 e. The zero-order chi connectivity index (χ0) is 15.2. The van der Waals surface area contributed by atoms with E-state index in [1.54, 1.807) is 35.9 Å². The number of hydrogen-bond donors (Lipinski definition) is 0. The number of benzene rings is 2. The summed E-state index contributed by atoms with van der Waals surface area (Å²) in [6.45, 7) is 0. The molecule has 124 valence electrons. The maximum absolute atomic E-state index is 13.9. The molecule has 0 aliphatic heterocycles. The molecule has 3 rings (SSSR count). The molecule has 0 aliphatic carbocycles. The topological polar surface area (TPSA) is 52.0 Å². The molecule has 0 bridgehead atoms. The van der Waals surface area contributed by atoms with Crippen molar-refractivity contribution in [3.8, 4) is 11.4 Å². The zero-order valence-corrected chi connectivity index (χ0v) is 14.8. The van der Waals surface area contributed by atoms with Crippen molar-refractivity contribution in [2.24, 2.45) is 7.05 Å². The first kappa shape index (κ1) is 19.4. The van der Waals surface area contributed by atoms with Crippen LogP contribution >= 0.6 is 24.8 Å². The summed E-state index contributed by atoms with van der Waals surface area (Å²) < 4.78 is 38.4. The summed E-state index contributed by atoms with van der Waals surface area (Å²) in [4.78, 5) is 4.66. The van der Waals surface area contributed by atoms with E-state index in [1.165, 1.54) is 18.2 Å². The van der Waals surface area contributed by atoms with Crippen LogP contribution in [0.2, 0.25) is 0 Å². The molecule has 2 aromatic carbocycles. The number of para-hydroxylation sites is 1. The number of nitrogens with zero attached hydrogens (tertiary/aromatic N) is 2. The van der Waals surface area contributed by atoms with Crippen molar-refractivity contribution in [3.05, 3.63) is 48.3 Å². The maximum Gasteiger partial charge on any atom is 0.175 e. The lowest BCUT2D eigenvalue weighted by atomic mass is 10.2. The molecule has 1 aromatic heterocycles. The van der Waals surface area contributed by atoms with Crippen molar-refractivity contribution in [2.75, 3.05) is 6.26 Å². The minimum Gasteiger partial charge on any atom is -0.325 e. The number of aryl methyl sites for hydroxylation is 1. The molecule has 0 unspecified atom stereocenters. The fourth-order valence-corrected chi connectivity index (χ4v) is 2.96. The first-order chi connectivity index (χ1) is 9.88. The predicted molar refractivity (Wildman–Crippen MR) is 93.7 cm³/mol. The van der Waals surface area contributed by atoms with Gasteiger partial charge in [-0.3, -0.25) is 0 Å². The van der Waals surface area contributed by atoms with E-state index in [-0.39, 0.29) is 35.5 Å². The van der Waals surface area contributed by atoms with Crippen LogP contribution in [0, 0.1) is 5.82 Å². The summed E-state index contributed by atoms with van der Waals surface area (Å²) in [5.74, 6) is 0.261. The molecular weight excluding hydrogens is 362 g/mol. The van der Waals surface area contributed by atoms with Crippen LogP contribution in [-0.4, -0.2) is 24.2 Å². The first-order valence-electron chi connectivity index (χ1n) is 6.29. The van der Waals surface area contributed by atoms with Crippen LogP contribution in [0.15, 0.2) is 47.4 Å². The summed E-state index contributed by atoms with van der Waals surface area (Å²) in [5.41, 5.74) is 1.74. The van der Waals surface area contributed by atoms with E-state index in [4.69, 9.17) is 0 Å². The van der Waals surface area contributed by atoms with Crippen molar-refractivity contribution in [1.82, 2.24) is 9.55 Å². The van der Waals surface area contributed by atoms with Crippen molar-refractivity contribution in [3.63, 3.8) is 0 Å². The molecule has 4 nitrogen and oxygen atoms in total. The Morgan fingerprint density at radius 2 is 1.65 bits per heavy atom. The van der Waals surface area contributed by atoms with E-state index in [2.05, 4.69) is 4.98 Å². The Labute approximate surface area is 146 Å². The van der Waals surface area contributed by atoms with Crippen LogP contribution in [0.5, 0.6) is 0 Å². The third-order valence-electron chi connectivity index (χ3n) is 3.39. The van der Waals surface area contributed by atoms with E-state index >= 15 is 0 Å². The number of rotatable bonds is 2. The van der Waals surface area contributed by atoms with Crippen LogP contribution in [0.25, 0.3) is 22.4 Å². The van der Waals surface area contributed by atoms with Gasteiger partial charge in [-0.15, -0.1) is 24.8 Å². The molecule has 0 spiro atoms. The minimum atomic E-state index is -3.23. The fraction of sp³-hybridized carbons (Fsp3) is 0.133. The summed E-state index contributed by atoms with van der Waals surface area (Å²) in [5, 5.41) is 0. The average Bonchev–Trinajstić information content (AvgIpc) is 2.77. The van der Waals surface area contributed by atoms with Crippen molar-refractivity contribution < 1.29 is 12.8 Å². The molecule has 1 heterocycles. The Hall–Kier alpha value is -1.63. The smallest absolute Gasteiger partial charge is 0.175 e. The predicted octanol–water partition coefficient (Wildman–Crippen LogP) is 3.63. The normalized spacial score (nSPS) is 10.9. The van der Waals surface area contributed by atoms with Gasteiger partial charge in [-0.05, 0) is 36.4 Å². The van der Waals surface area contributed by atoms with E-state index in [1.807, 2.05) is 0 Å². The number of imidazole rings is 1. The van der Waals surface area contributed by atoms with Gasteiger partial charge in [0.2, 0.25) is 0 Å². The lowest BCUT2D eigenvalue weighted by Gasteiger charge is -2.04. The molecule has 0 radical (unpaired) electrons. The maximum atomic E-state index is 13.9. The Morgan fingerprint density at radius 3 is 2.17 bits per heavy atom. The van der Waals surface area contributed by atoms with Crippen LogP contribution in [0.1, 0.15) is 0 Å². The van der Waals surface area contributed by atoms with E-state index in [0.29, 0.717) is 16.9 Å². The Balaban J connectivity index is 0.00000132. The monoisotopic (exact) mass is 376 g/mol. The highest BCUT2D eigenvalue weighted by atomic mass is 35.5. The quantitative estimate of drug-likeness (QED) is 0.686. The molecule has 0 fully saturated rings. The Bertz CT molecular complexity index is 938. The van der Waals surface area contributed by atoms with Gasteiger partial charge in [0.25, 0.3) is 0 Å². The number of aromatic nitrogens is 2. The van der Waals surface area contributed by atoms with Crippen molar-refractivity contribution >= 4 is 45.7 Å². The van der Waals surface area contributed by atoms with Gasteiger partial charge in [0.05, 0.1) is 10.4 Å². The molecule has 23 heavy (non-hydrogen) atoms. The fourth-order valence-electron chi connectivity index (χ4n) is 2.33. The van der Waals surface area contributed by atoms with E-state index in [0.717, 1.165) is 11.8 Å². The van der Waals surface area contributed by atoms with Gasteiger partial charge in [0.15, 0.2) is 9.84 Å². The van der Waals surface area contributed by atoms with Crippen LogP contribution in [-0.2, 0) is 16.9 Å². The van der Waals surface area contributed by atoms with Gasteiger partial charge >= 0.3 is 0 Å². The summed E-state index contributed by atoms with van der Waals surface area (Å²) in [6.07, 6.45) is 1.16. The second-order valence-corrected chi connectivity index (χ2v) is 6.91. The zero-order valence-electron chi connectivity index (χ0n) is 12.4. The highest BCUT2D eigenvalue weighted by Gasteiger charge is 2.14. The first-order valence-corrected chi connectivity index (χ1v) is 8.18. The second kappa shape index (κ2) is 6.86. The number of hydrogen-bond acceptors (Lipinski definition) is 3. The molecule has 0 aliphatic rings. The van der Waals surface area contributed by atoms with E-state index < -0.39 is 9.84 Å². The third-order valence-corrected chi connectivity index (χ3v) is 4.51. The van der Waals surface area contributed by atoms with Crippen LogP contribution < -0.4 is 0 Å². The Kier molecular flexibility index (Phi) is 5.79. The lowest BCUT2D eigenvalue weighted by molar-refractivity contribution is 0.602. The van der Waals surface area contributed by atoms with Gasteiger partial charge in [-0.1, -0.05) is 6.07 Å². The second-order valence-electron chi connectivity index (χ2n) is 4.90. The lowest BCUT2D eigenvalue weighted by Crippen LogP contribution is -1.98. The summed E-state index contributed by atoms with van der Waals surface area (Å²) >= 11 is 0. The molecule has 0 amide bonds. The molecule has 3 aromatic rings. The summed E-state index contributed by atoms with van der Waals surface area (Å²) in [6, 6.07) is 11.2. The van der Waals surface area contributed by atoms with Gasteiger partial charge in [-0.25, -0.2) is 17.8 Å². The van der Waals surface area contributed by atoms with Gasteiger partial charge in [-0.2, -0.15) is 0 Å². The van der Waals surface area contributed by atoms with Gasteiger partial charge in [0.1, 0.15) is 17.2 Å². The van der Waals surface area contributed by atoms with E-state index in [9.17, 15) is 12.8 Å². The third kappa shape index (κ3) is 3.49. The number of halogens is 3. The highest BCUT2D eigenvalue weighted by Crippen LogP contribution is 2.26. The molecule has 0 saturated heterocycles. The number of fused-ring (bicyclic) bond motifs is 1. The van der Waals surface area contributed by atoms with Crippen LogP contribution in [0.4, 0.5) is 4.39 Å².